The molecule has 0 saturated heterocycles. The van der Waals surface area contributed by atoms with Crippen LogP contribution in [0.2, 0.25) is 10.0 Å². The first kappa shape index (κ1) is 20.1. The molecule has 3 rings (SSSR count). The lowest BCUT2D eigenvalue weighted by Crippen LogP contribution is -2.34. The molecule has 2 N–H and O–H groups in total. The Labute approximate surface area is 178 Å². The fourth-order valence-corrected chi connectivity index (χ4v) is 3.05. The number of amides is 1. The predicted octanol–water partition coefficient (Wildman–Crippen LogP) is 6.22. The van der Waals surface area contributed by atoms with Gasteiger partial charge in [-0.15, -0.1) is 0 Å². The van der Waals surface area contributed by atoms with Crippen LogP contribution in [0, 0.1) is 6.92 Å². The smallest absolute Gasteiger partial charge is 0.257 e. The van der Waals surface area contributed by atoms with Crippen LogP contribution in [0.3, 0.4) is 0 Å². The molecule has 0 radical (unpaired) electrons. The average molecular weight is 431 g/mol. The van der Waals surface area contributed by atoms with E-state index in [1.165, 1.54) is 0 Å². The summed E-state index contributed by atoms with van der Waals surface area (Å²) in [5.41, 5.74) is 1.74. The Morgan fingerprint density at radius 1 is 0.929 bits per heavy atom. The molecule has 4 nitrogen and oxygen atoms in total. The average Bonchev–Trinajstić information content (AvgIpc) is 2.69. The van der Waals surface area contributed by atoms with Gasteiger partial charge in [-0.25, -0.2) is 0 Å². The van der Waals surface area contributed by atoms with E-state index in [-0.39, 0.29) is 11.0 Å². The zero-order valence-electron chi connectivity index (χ0n) is 14.8. The summed E-state index contributed by atoms with van der Waals surface area (Å²) in [7, 11) is 0. The summed E-state index contributed by atoms with van der Waals surface area (Å²) in [5, 5.41) is 6.45. The van der Waals surface area contributed by atoms with Crippen molar-refractivity contribution in [3.8, 4) is 11.5 Å². The molecular weight excluding hydrogens is 415 g/mol. The summed E-state index contributed by atoms with van der Waals surface area (Å²) >= 11 is 17.6. The van der Waals surface area contributed by atoms with Crippen LogP contribution in [0.5, 0.6) is 11.5 Å². The highest BCUT2D eigenvalue weighted by molar-refractivity contribution is 7.80. The first-order chi connectivity index (χ1) is 13.4. The van der Waals surface area contributed by atoms with Crippen molar-refractivity contribution in [3.05, 3.63) is 87.9 Å². The second-order valence-corrected chi connectivity index (χ2v) is 7.09. The fraction of sp³-hybridized carbons (Fsp3) is 0.0476. The maximum Gasteiger partial charge on any atom is 0.257 e. The van der Waals surface area contributed by atoms with Gasteiger partial charge in [0.1, 0.15) is 11.5 Å². The molecule has 0 bridgehead atoms. The third-order valence-electron chi connectivity index (χ3n) is 3.85. The first-order valence-electron chi connectivity index (χ1n) is 8.34. The van der Waals surface area contributed by atoms with Crippen LogP contribution in [0.25, 0.3) is 0 Å². The summed E-state index contributed by atoms with van der Waals surface area (Å²) in [6.45, 7) is 1.85. The van der Waals surface area contributed by atoms with E-state index in [0.29, 0.717) is 27.0 Å². The monoisotopic (exact) mass is 430 g/mol. The number of para-hydroxylation sites is 1. The second-order valence-electron chi connectivity index (χ2n) is 5.90. The number of ether oxygens (including phenoxy) is 1. The van der Waals surface area contributed by atoms with E-state index in [9.17, 15) is 4.79 Å². The third kappa shape index (κ3) is 5.01. The number of carbonyl (C=O) groups excluding carboxylic acids is 1. The first-order valence-corrected chi connectivity index (χ1v) is 9.50. The van der Waals surface area contributed by atoms with Crippen molar-refractivity contribution in [2.24, 2.45) is 0 Å². The highest BCUT2D eigenvalue weighted by Crippen LogP contribution is 2.32. The summed E-state index contributed by atoms with van der Waals surface area (Å²) in [6.07, 6.45) is 0. The number of benzene rings is 3. The number of rotatable bonds is 4. The summed E-state index contributed by atoms with van der Waals surface area (Å²) in [5.74, 6) is 0.988. The summed E-state index contributed by atoms with van der Waals surface area (Å²) in [6, 6.07) is 19.6. The zero-order valence-corrected chi connectivity index (χ0v) is 17.2. The number of hydrogen-bond acceptors (Lipinski definition) is 3. The number of nitrogens with one attached hydrogen (secondary N) is 2. The number of halogens is 2. The molecule has 0 unspecified atom stereocenters. The summed E-state index contributed by atoms with van der Waals surface area (Å²) < 4.78 is 5.71. The highest BCUT2D eigenvalue weighted by atomic mass is 35.5. The number of aryl methyl sites for hydroxylation is 1. The minimum Gasteiger partial charge on any atom is -0.457 e. The van der Waals surface area contributed by atoms with Gasteiger partial charge in [0.15, 0.2) is 5.11 Å². The van der Waals surface area contributed by atoms with E-state index in [1.807, 2.05) is 37.3 Å². The molecule has 0 aliphatic carbocycles. The fourth-order valence-electron chi connectivity index (χ4n) is 2.39. The largest absolute Gasteiger partial charge is 0.457 e. The number of thiocarbonyl (C=S) groups is 1. The Hall–Kier alpha value is -2.60. The molecule has 7 heteroatoms. The number of anilines is 1. The van der Waals surface area contributed by atoms with Gasteiger partial charge in [0.2, 0.25) is 0 Å². The molecule has 0 spiro atoms. The third-order valence-corrected chi connectivity index (χ3v) is 4.85. The molecule has 0 aromatic heterocycles. The van der Waals surface area contributed by atoms with E-state index in [1.54, 1.807) is 36.4 Å². The van der Waals surface area contributed by atoms with Gasteiger partial charge in [0, 0.05) is 5.56 Å². The molecule has 3 aromatic carbocycles. The highest BCUT2D eigenvalue weighted by Gasteiger charge is 2.13. The lowest BCUT2D eigenvalue weighted by Gasteiger charge is -2.14. The Morgan fingerprint density at radius 2 is 1.57 bits per heavy atom. The Kier molecular flexibility index (Phi) is 6.52. The van der Waals surface area contributed by atoms with Crippen LogP contribution in [0.4, 0.5) is 5.69 Å². The maximum atomic E-state index is 12.4. The molecular formula is C21H16Cl2N2O2S. The van der Waals surface area contributed by atoms with Gasteiger partial charge in [-0.1, -0.05) is 47.5 Å². The standard InChI is InChI=1S/C21H16Cl2N2O2S/c1-13-7-12-17(22)19(18(13)23)24-21(28)25-20(26)14-8-10-16(11-9-14)27-15-5-3-2-4-6-15/h2-12H,1H3,(H2,24,25,26,28). The molecule has 0 heterocycles. The van der Waals surface area contributed by atoms with Gasteiger partial charge >= 0.3 is 0 Å². The molecule has 28 heavy (non-hydrogen) atoms. The quantitative estimate of drug-likeness (QED) is 0.482. The van der Waals surface area contributed by atoms with E-state index in [0.717, 1.165) is 11.3 Å². The van der Waals surface area contributed by atoms with Crippen molar-refractivity contribution in [1.29, 1.82) is 0 Å². The van der Waals surface area contributed by atoms with E-state index >= 15 is 0 Å². The predicted molar refractivity (Wildman–Crippen MR) is 118 cm³/mol. The van der Waals surface area contributed by atoms with E-state index in [2.05, 4.69) is 10.6 Å². The zero-order chi connectivity index (χ0) is 20.1. The van der Waals surface area contributed by atoms with Crippen LogP contribution in [0.1, 0.15) is 15.9 Å². The molecule has 1 amide bonds. The maximum absolute atomic E-state index is 12.4. The SMILES string of the molecule is Cc1ccc(Cl)c(NC(=S)NC(=O)c2ccc(Oc3ccccc3)cc2)c1Cl. The minimum atomic E-state index is -0.358. The lowest BCUT2D eigenvalue weighted by molar-refractivity contribution is 0.0977. The topological polar surface area (TPSA) is 50.4 Å². The van der Waals surface area contributed by atoms with Gasteiger partial charge in [-0.2, -0.15) is 0 Å². The van der Waals surface area contributed by atoms with Crippen molar-refractivity contribution in [2.45, 2.75) is 6.92 Å². The van der Waals surface area contributed by atoms with Crippen LogP contribution in [-0.2, 0) is 0 Å². The minimum absolute atomic E-state index is 0.101. The van der Waals surface area contributed by atoms with Crippen LogP contribution in [0.15, 0.2) is 66.7 Å². The van der Waals surface area contributed by atoms with Gasteiger partial charge in [-0.3, -0.25) is 10.1 Å². The lowest BCUT2D eigenvalue weighted by atomic mass is 10.2. The molecule has 0 aliphatic heterocycles. The van der Waals surface area contributed by atoms with Crippen molar-refractivity contribution in [3.63, 3.8) is 0 Å². The van der Waals surface area contributed by atoms with Crippen molar-refractivity contribution < 1.29 is 9.53 Å². The normalized spacial score (nSPS) is 10.2. The number of hydrogen-bond donors (Lipinski definition) is 2. The molecule has 0 saturated carbocycles. The molecule has 0 aliphatic rings. The van der Waals surface area contributed by atoms with Gasteiger partial charge < -0.3 is 10.1 Å². The Balaban J connectivity index is 1.63. The van der Waals surface area contributed by atoms with Crippen LogP contribution in [-0.4, -0.2) is 11.0 Å². The Morgan fingerprint density at radius 3 is 2.25 bits per heavy atom. The van der Waals surface area contributed by atoms with Crippen molar-refractivity contribution in [1.82, 2.24) is 5.32 Å². The van der Waals surface area contributed by atoms with Gasteiger partial charge in [0.05, 0.1) is 15.7 Å². The second kappa shape index (κ2) is 9.06. The van der Waals surface area contributed by atoms with E-state index in [4.69, 9.17) is 40.2 Å². The molecule has 3 aromatic rings. The Bertz CT molecular complexity index is 1010. The number of carbonyl (C=O) groups is 1. The van der Waals surface area contributed by atoms with Gasteiger partial charge in [0.25, 0.3) is 5.91 Å². The van der Waals surface area contributed by atoms with Crippen LogP contribution < -0.4 is 15.4 Å². The van der Waals surface area contributed by atoms with Crippen molar-refractivity contribution >= 4 is 52.1 Å². The summed E-state index contributed by atoms with van der Waals surface area (Å²) in [4.78, 5) is 12.4. The van der Waals surface area contributed by atoms with E-state index < -0.39 is 0 Å². The van der Waals surface area contributed by atoms with Gasteiger partial charge in [-0.05, 0) is 67.2 Å². The van der Waals surface area contributed by atoms with Crippen LogP contribution >= 0.6 is 35.4 Å². The van der Waals surface area contributed by atoms with Crippen molar-refractivity contribution in [2.75, 3.05) is 5.32 Å². The molecule has 0 atom stereocenters. The molecule has 0 fully saturated rings. The molecule has 142 valence electrons.